The van der Waals surface area contributed by atoms with E-state index in [4.69, 9.17) is 0 Å². The molecule has 0 fully saturated rings. The van der Waals surface area contributed by atoms with Crippen LogP contribution in [0.5, 0.6) is 0 Å². The molecule has 2 heterocycles. The zero-order chi connectivity index (χ0) is 51.0. The molecular weight excluding hydrogens is 869 g/mol. The summed E-state index contributed by atoms with van der Waals surface area (Å²) >= 11 is 0. The minimum absolute atomic E-state index is 0.0585. The predicted octanol–water partition coefficient (Wildman–Crippen LogP) is 17.5. The first kappa shape index (κ1) is 46.7. The molecule has 12 rings (SSSR count). The first-order valence-electron chi connectivity index (χ1n) is 26.8. The average molecular weight is 943 g/mol. The van der Waals surface area contributed by atoms with Crippen LogP contribution < -0.4 is 10.6 Å². The fourth-order valence-corrected chi connectivity index (χ4v) is 12.9. The van der Waals surface area contributed by atoms with Crippen molar-refractivity contribution in [3.05, 3.63) is 177 Å². The van der Waals surface area contributed by atoms with Crippen molar-refractivity contribution in [2.45, 2.75) is 144 Å². The minimum Gasteiger partial charge on any atom is -0.310 e. The van der Waals surface area contributed by atoms with Crippen LogP contribution in [0.2, 0.25) is 0 Å². The van der Waals surface area contributed by atoms with Crippen LogP contribution in [0.4, 0.5) is 0 Å². The number of aromatic nitrogens is 2. The van der Waals surface area contributed by atoms with E-state index in [-0.39, 0.29) is 32.5 Å². The molecule has 0 N–H and O–H groups in total. The van der Waals surface area contributed by atoms with Gasteiger partial charge in [-0.25, -0.2) is 0 Å². The highest BCUT2D eigenvalue weighted by atomic mass is 15.0. The lowest BCUT2D eigenvalue weighted by Gasteiger charge is -2.28. The van der Waals surface area contributed by atoms with Crippen molar-refractivity contribution in [1.82, 2.24) is 9.13 Å². The van der Waals surface area contributed by atoms with Crippen LogP contribution >= 0.6 is 0 Å². The molecule has 2 nitrogen and oxygen atoms in total. The molecule has 0 radical (unpaired) electrons. The lowest BCUT2D eigenvalue weighted by Crippen LogP contribution is -2.35. The summed E-state index contributed by atoms with van der Waals surface area (Å²) in [4.78, 5) is 0. The Morgan fingerprint density at radius 3 is 1.19 bits per heavy atom. The van der Waals surface area contributed by atoms with Crippen molar-refractivity contribution in [3.63, 3.8) is 0 Å². The topological polar surface area (TPSA) is 9.86 Å². The lowest BCUT2D eigenvalue weighted by molar-refractivity contribution is 0.314. The third-order valence-electron chi connectivity index (χ3n) is 17.6. The molecule has 0 spiro atoms. The number of hydrogen-bond donors (Lipinski definition) is 0. The van der Waals surface area contributed by atoms with E-state index in [1.165, 1.54) is 127 Å². The normalized spacial score (nSPS) is 16.9. The Kier molecular flexibility index (Phi) is 9.79. The highest BCUT2D eigenvalue weighted by Gasteiger charge is 2.39. The molecule has 0 saturated carbocycles. The SMILES string of the molecule is CC(C)(C)c1ccc2c(c1)c1c(n2-c2ccc3c(c2)C(C)(C)c2cc(-c4ccc5c(c4)C(C)(C)c4cc(-n6c7ccc(C(C)(C)C)cc7c7cc(C(C)(C)C)ccc76)ccc4-5)ccc2-3)=CCC(C(C)(C)C)C=1. The highest BCUT2D eigenvalue weighted by Crippen LogP contribution is 2.53. The van der Waals surface area contributed by atoms with E-state index >= 15 is 0 Å². The number of rotatable bonds is 3. The molecular formula is C70H74N2. The second-order valence-electron chi connectivity index (χ2n) is 27.2. The van der Waals surface area contributed by atoms with Gasteiger partial charge in [-0.3, -0.25) is 0 Å². The summed E-state index contributed by atoms with van der Waals surface area (Å²) in [5.74, 6) is 0.493. The predicted molar refractivity (Wildman–Crippen MR) is 310 cm³/mol. The Morgan fingerprint density at radius 1 is 0.403 bits per heavy atom. The number of hydrogen-bond acceptors (Lipinski definition) is 0. The third-order valence-corrected chi connectivity index (χ3v) is 17.6. The second-order valence-corrected chi connectivity index (χ2v) is 27.2. The van der Waals surface area contributed by atoms with Gasteiger partial charge in [0, 0.05) is 48.9 Å². The van der Waals surface area contributed by atoms with E-state index in [2.05, 4.69) is 259 Å². The summed E-state index contributed by atoms with van der Waals surface area (Å²) in [5.41, 5.74) is 23.9. The van der Waals surface area contributed by atoms with E-state index in [0.29, 0.717) is 5.92 Å². The Morgan fingerprint density at radius 2 is 0.778 bits per heavy atom. The number of nitrogens with zero attached hydrogens (tertiary/aromatic N) is 2. The van der Waals surface area contributed by atoms with Crippen LogP contribution in [0.15, 0.2) is 127 Å². The molecule has 364 valence electrons. The molecule has 3 aliphatic carbocycles. The maximum Gasteiger partial charge on any atom is 0.0541 e. The van der Waals surface area contributed by atoms with Crippen LogP contribution in [0.1, 0.15) is 156 Å². The summed E-state index contributed by atoms with van der Waals surface area (Å²) in [5, 5.41) is 6.74. The molecule has 0 aliphatic heterocycles. The fourth-order valence-electron chi connectivity index (χ4n) is 12.9. The zero-order valence-electron chi connectivity index (χ0n) is 46.0. The minimum atomic E-state index is -0.185. The van der Waals surface area contributed by atoms with Gasteiger partial charge in [0.15, 0.2) is 0 Å². The molecule has 0 amide bonds. The van der Waals surface area contributed by atoms with Crippen molar-refractivity contribution in [2.24, 2.45) is 11.3 Å². The van der Waals surface area contributed by atoms with E-state index < -0.39 is 0 Å². The summed E-state index contributed by atoms with van der Waals surface area (Å²) in [7, 11) is 0. The third kappa shape index (κ3) is 6.94. The molecule has 0 bridgehead atoms. The Hall–Kier alpha value is -6.38. The summed E-state index contributed by atoms with van der Waals surface area (Å²) < 4.78 is 5.07. The smallest absolute Gasteiger partial charge is 0.0541 e. The van der Waals surface area contributed by atoms with E-state index in [0.717, 1.165) is 6.42 Å². The van der Waals surface area contributed by atoms with Crippen LogP contribution in [0.25, 0.3) is 89.6 Å². The summed E-state index contributed by atoms with van der Waals surface area (Å²) in [6, 6.07) is 50.5. The molecule has 7 aromatic carbocycles. The zero-order valence-corrected chi connectivity index (χ0v) is 46.0. The molecule has 72 heavy (non-hydrogen) atoms. The Labute approximate surface area is 429 Å². The van der Waals surface area contributed by atoms with E-state index in [9.17, 15) is 0 Å². The Balaban J connectivity index is 0.910. The van der Waals surface area contributed by atoms with Gasteiger partial charge in [-0.2, -0.15) is 0 Å². The average Bonchev–Trinajstić information content (AvgIpc) is 3.97. The standard InChI is InChI=1S/C70H74N2/c1-65(2,3)43-19-29-61-53(35-43)54-36-44(66(4,5)6)20-30-62(54)71(61)47-23-27-51-49-25-17-41(33-57(49)69(13,14)59(51)39-47)42-18-26-50-52-28-24-48(40-60(52)70(15,16)58(50)34-42)72-63-31-21-45(67(7,8)9)37-55(63)56-38-46(68(10,11)12)22-32-64(56)72/h17-21,23-40,46H,22H2,1-16H3. The summed E-state index contributed by atoms with van der Waals surface area (Å²) in [6.07, 6.45) is 6.16. The van der Waals surface area contributed by atoms with Crippen molar-refractivity contribution in [2.75, 3.05) is 0 Å². The van der Waals surface area contributed by atoms with Gasteiger partial charge >= 0.3 is 0 Å². The van der Waals surface area contributed by atoms with Crippen molar-refractivity contribution in [1.29, 1.82) is 0 Å². The van der Waals surface area contributed by atoms with Crippen LogP contribution in [0.3, 0.4) is 0 Å². The first-order chi connectivity index (χ1) is 33.7. The van der Waals surface area contributed by atoms with Gasteiger partial charge < -0.3 is 9.13 Å². The van der Waals surface area contributed by atoms with Gasteiger partial charge in [0.2, 0.25) is 0 Å². The monoisotopic (exact) mass is 943 g/mol. The molecule has 2 aromatic heterocycles. The maximum atomic E-state index is 2.59. The van der Waals surface area contributed by atoms with Crippen molar-refractivity contribution < 1.29 is 0 Å². The molecule has 2 heteroatoms. The second kappa shape index (κ2) is 15.1. The molecule has 0 saturated heterocycles. The van der Waals surface area contributed by atoms with Crippen LogP contribution in [-0.2, 0) is 27.1 Å². The first-order valence-corrected chi connectivity index (χ1v) is 26.8. The van der Waals surface area contributed by atoms with Crippen LogP contribution in [-0.4, -0.2) is 9.13 Å². The quantitative estimate of drug-likeness (QED) is 0.167. The highest BCUT2D eigenvalue weighted by molar-refractivity contribution is 6.10. The van der Waals surface area contributed by atoms with Gasteiger partial charge in [-0.05, 0) is 179 Å². The summed E-state index contributed by atoms with van der Waals surface area (Å²) in [6.45, 7) is 37.8. The number of benzene rings is 7. The van der Waals surface area contributed by atoms with Crippen LogP contribution in [0, 0.1) is 11.3 Å². The molecule has 9 aromatic rings. The molecule has 3 aliphatic rings. The largest absolute Gasteiger partial charge is 0.310 e. The van der Waals surface area contributed by atoms with E-state index in [1.807, 2.05) is 0 Å². The van der Waals surface area contributed by atoms with Crippen molar-refractivity contribution >= 4 is 44.9 Å². The van der Waals surface area contributed by atoms with Gasteiger partial charge in [0.05, 0.1) is 16.6 Å². The van der Waals surface area contributed by atoms with E-state index in [1.54, 1.807) is 0 Å². The Bertz CT molecular complexity index is 3850. The van der Waals surface area contributed by atoms with Gasteiger partial charge in [0.1, 0.15) is 0 Å². The van der Waals surface area contributed by atoms with Gasteiger partial charge in [0.25, 0.3) is 0 Å². The lowest BCUT2D eigenvalue weighted by atomic mass is 9.77. The van der Waals surface area contributed by atoms with Gasteiger partial charge in [-0.15, -0.1) is 0 Å². The van der Waals surface area contributed by atoms with Crippen molar-refractivity contribution in [3.8, 4) is 44.8 Å². The number of fused-ring (bicyclic) bond motifs is 12. The molecule has 1 atom stereocenters. The maximum absolute atomic E-state index is 2.59. The fraction of sp³-hybridized carbons (Fsp3) is 0.343. The van der Waals surface area contributed by atoms with Gasteiger partial charge in [-0.1, -0.05) is 178 Å². The molecule has 1 unspecified atom stereocenters.